The van der Waals surface area contributed by atoms with Crippen LogP contribution in [0.1, 0.15) is 37.3 Å². The Kier molecular flexibility index (Phi) is 4.72. The lowest BCUT2D eigenvalue weighted by atomic mass is 10.1. The fourth-order valence-electron chi connectivity index (χ4n) is 2.25. The van der Waals surface area contributed by atoms with Crippen molar-refractivity contribution in [3.05, 3.63) is 29.3 Å². The molecule has 114 valence electrons. The Hall–Kier alpha value is -1.35. The zero-order valence-electron chi connectivity index (χ0n) is 12.6. The van der Waals surface area contributed by atoms with Crippen LogP contribution >= 0.6 is 0 Å². The van der Waals surface area contributed by atoms with Crippen molar-refractivity contribution >= 4 is 10.0 Å². The van der Waals surface area contributed by atoms with Gasteiger partial charge in [0.05, 0.1) is 11.4 Å². The van der Waals surface area contributed by atoms with Crippen molar-refractivity contribution < 1.29 is 8.42 Å². The standard InChI is InChI=1S/C16H22N2O2S/c1-3-16(8-9-16)12-18-21(19,20)15-7-6-14(5-4-10-17)13(2)11-15/h6-7,11,18H,3,8-10,12,17H2,1-2H3. The van der Waals surface area contributed by atoms with Crippen LogP contribution in [-0.4, -0.2) is 21.5 Å². The van der Waals surface area contributed by atoms with Crippen LogP contribution < -0.4 is 10.5 Å². The van der Waals surface area contributed by atoms with Gasteiger partial charge in [0.2, 0.25) is 10.0 Å². The molecule has 2 rings (SSSR count). The zero-order chi connectivity index (χ0) is 15.5. The normalized spacial score (nSPS) is 16.1. The number of hydrogen-bond donors (Lipinski definition) is 2. The van der Waals surface area contributed by atoms with E-state index >= 15 is 0 Å². The van der Waals surface area contributed by atoms with Gasteiger partial charge >= 0.3 is 0 Å². The Labute approximate surface area is 127 Å². The van der Waals surface area contributed by atoms with Crippen LogP contribution in [0.15, 0.2) is 23.1 Å². The van der Waals surface area contributed by atoms with Crippen LogP contribution in [0.4, 0.5) is 0 Å². The third-order valence-electron chi connectivity index (χ3n) is 4.18. The fourth-order valence-corrected chi connectivity index (χ4v) is 3.50. The molecule has 1 fully saturated rings. The van der Waals surface area contributed by atoms with E-state index in [4.69, 9.17) is 5.73 Å². The van der Waals surface area contributed by atoms with Gasteiger partial charge in [-0.05, 0) is 55.4 Å². The van der Waals surface area contributed by atoms with E-state index in [0.29, 0.717) is 18.0 Å². The lowest BCUT2D eigenvalue weighted by Crippen LogP contribution is -2.30. The summed E-state index contributed by atoms with van der Waals surface area (Å²) in [7, 11) is -3.45. The predicted molar refractivity (Wildman–Crippen MR) is 84.3 cm³/mol. The molecule has 0 saturated heterocycles. The first-order chi connectivity index (χ1) is 9.92. The Bertz CT molecular complexity index is 680. The number of nitrogens with one attached hydrogen (secondary N) is 1. The van der Waals surface area contributed by atoms with E-state index in [1.165, 1.54) is 0 Å². The molecular weight excluding hydrogens is 284 g/mol. The number of benzene rings is 1. The predicted octanol–water partition coefficient (Wildman–Crippen LogP) is 1.77. The van der Waals surface area contributed by atoms with Gasteiger partial charge in [0.15, 0.2) is 0 Å². The van der Waals surface area contributed by atoms with E-state index < -0.39 is 10.0 Å². The maximum Gasteiger partial charge on any atom is 0.240 e. The van der Waals surface area contributed by atoms with Gasteiger partial charge in [0.1, 0.15) is 0 Å². The van der Waals surface area contributed by atoms with Gasteiger partial charge in [-0.3, -0.25) is 0 Å². The lowest BCUT2D eigenvalue weighted by molar-refractivity contribution is 0.475. The van der Waals surface area contributed by atoms with Gasteiger partial charge in [0.25, 0.3) is 0 Å². The SMILES string of the molecule is CCC1(CNS(=O)(=O)c2ccc(C#CCN)c(C)c2)CC1. The van der Waals surface area contributed by atoms with Crippen molar-refractivity contribution in [2.75, 3.05) is 13.1 Å². The minimum atomic E-state index is -3.45. The molecule has 21 heavy (non-hydrogen) atoms. The molecule has 0 amide bonds. The summed E-state index contributed by atoms with van der Waals surface area (Å²) >= 11 is 0. The number of rotatable bonds is 5. The summed E-state index contributed by atoms with van der Waals surface area (Å²) in [6.07, 6.45) is 3.24. The number of sulfonamides is 1. The molecule has 3 N–H and O–H groups in total. The van der Waals surface area contributed by atoms with Crippen LogP contribution in [0.3, 0.4) is 0 Å². The minimum absolute atomic E-state index is 0.189. The van der Waals surface area contributed by atoms with Crippen molar-refractivity contribution in [3.63, 3.8) is 0 Å². The quantitative estimate of drug-likeness (QED) is 0.814. The molecule has 1 aromatic rings. The lowest BCUT2D eigenvalue weighted by Gasteiger charge is -2.14. The highest BCUT2D eigenvalue weighted by molar-refractivity contribution is 7.89. The van der Waals surface area contributed by atoms with E-state index in [0.717, 1.165) is 30.4 Å². The van der Waals surface area contributed by atoms with E-state index in [9.17, 15) is 8.42 Å². The first-order valence-corrected chi connectivity index (χ1v) is 8.70. The topological polar surface area (TPSA) is 72.2 Å². The van der Waals surface area contributed by atoms with Crippen molar-refractivity contribution in [1.29, 1.82) is 0 Å². The highest BCUT2D eigenvalue weighted by Crippen LogP contribution is 2.48. The molecule has 0 heterocycles. The summed E-state index contributed by atoms with van der Waals surface area (Å²) in [5.74, 6) is 5.71. The molecule has 1 aliphatic rings. The zero-order valence-corrected chi connectivity index (χ0v) is 13.4. The van der Waals surface area contributed by atoms with Crippen LogP contribution in [0.25, 0.3) is 0 Å². The fraction of sp³-hybridized carbons (Fsp3) is 0.500. The van der Waals surface area contributed by atoms with Gasteiger partial charge in [-0.25, -0.2) is 13.1 Å². The second kappa shape index (κ2) is 6.18. The molecule has 4 nitrogen and oxygen atoms in total. The number of hydrogen-bond acceptors (Lipinski definition) is 3. The van der Waals surface area contributed by atoms with Crippen molar-refractivity contribution in [3.8, 4) is 11.8 Å². The van der Waals surface area contributed by atoms with Crippen molar-refractivity contribution in [2.45, 2.75) is 38.0 Å². The average Bonchev–Trinajstić information content (AvgIpc) is 3.25. The van der Waals surface area contributed by atoms with Gasteiger partial charge < -0.3 is 5.73 Å². The summed E-state index contributed by atoms with van der Waals surface area (Å²) in [5.41, 5.74) is 7.19. The highest BCUT2D eigenvalue weighted by atomic mass is 32.2. The van der Waals surface area contributed by atoms with Crippen LogP contribution in [0, 0.1) is 24.2 Å². The van der Waals surface area contributed by atoms with Crippen molar-refractivity contribution in [1.82, 2.24) is 4.72 Å². The Morgan fingerprint density at radius 1 is 1.38 bits per heavy atom. The summed E-state index contributed by atoms with van der Waals surface area (Å²) in [6.45, 7) is 4.78. The van der Waals surface area contributed by atoms with E-state index in [-0.39, 0.29) is 5.41 Å². The van der Waals surface area contributed by atoms with Gasteiger partial charge in [-0.2, -0.15) is 0 Å². The maximum atomic E-state index is 12.3. The van der Waals surface area contributed by atoms with Crippen LogP contribution in [0.2, 0.25) is 0 Å². The van der Waals surface area contributed by atoms with Crippen molar-refractivity contribution in [2.24, 2.45) is 11.1 Å². The van der Waals surface area contributed by atoms with Crippen LogP contribution in [-0.2, 0) is 10.0 Å². The molecule has 0 spiro atoms. The molecule has 0 bridgehead atoms. The third kappa shape index (κ3) is 3.85. The van der Waals surface area contributed by atoms with Crippen LogP contribution in [0.5, 0.6) is 0 Å². The second-order valence-corrected chi connectivity index (χ2v) is 7.43. The second-order valence-electron chi connectivity index (χ2n) is 5.66. The molecule has 0 radical (unpaired) electrons. The molecule has 5 heteroatoms. The minimum Gasteiger partial charge on any atom is -0.320 e. The summed E-state index contributed by atoms with van der Waals surface area (Å²) < 4.78 is 27.4. The summed E-state index contributed by atoms with van der Waals surface area (Å²) in [6, 6.07) is 5.00. The molecule has 1 saturated carbocycles. The van der Waals surface area contributed by atoms with Gasteiger partial charge in [-0.1, -0.05) is 18.8 Å². The Balaban J connectivity index is 2.15. The van der Waals surface area contributed by atoms with Gasteiger partial charge in [0, 0.05) is 12.1 Å². The van der Waals surface area contributed by atoms with E-state index in [1.807, 2.05) is 6.92 Å². The summed E-state index contributed by atoms with van der Waals surface area (Å²) in [4.78, 5) is 0.296. The summed E-state index contributed by atoms with van der Waals surface area (Å²) in [5, 5.41) is 0. The van der Waals surface area contributed by atoms with Gasteiger partial charge in [-0.15, -0.1) is 0 Å². The first-order valence-electron chi connectivity index (χ1n) is 7.22. The number of nitrogens with two attached hydrogens (primary N) is 1. The first kappa shape index (κ1) is 16.0. The molecule has 1 aliphatic carbocycles. The van der Waals surface area contributed by atoms with E-state index in [1.54, 1.807) is 18.2 Å². The number of aryl methyl sites for hydroxylation is 1. The Morgan fingerprint density at radius 2 is 2.10 bits per heavy atom. The molecule has 0 aliphatic heterocycles. The average molecular weight is 306 g/mol. The largest absolute Gasteiger partial charge is 0.320 e. The monoisotopic (exact) mass is 306 g/mol. The Morgan fingerprint density at radius 3 is 2.62 bits per heavy atom. The smallest absolute Gasteiger partial charge is 0.240 e. The maximum absolute atomic E-state index is 12.3. The van der Waals surface area contributed by atoms with E-state index in [2.05, 4.69) is 23.5 Å². The molecule has 0 atom stereocenters. The highest BCUT2D eigenvalue weighted by Gasteiger charge is 2.41. The molecule has 1 aromatic carbocycles. The molecule has 0 aromatic heterocycles. The molecule has 0 unspecified atom stereocenters. The molecular formula is C16H22N2O2S. The third-order valence-corrected chi connectivity index (χ3v) is 5.58.